The number of hydrogen-bond donors (Lipinski definition) is 1. The van der Waals surface area contributed by atoms with Crippen LogP contribution in [0.15, 0.2) is 0 Å². The Bertz CT molecular complexity index is 36.5. The zero-order valence-corrected chi connectivity index (χ0v) is 5.65. The van der Waals surface area contributed by atoms with Crippen LogP contribution >= 0.6 is 19.6 Å². The van der Waals surface area contributed by atoms with Crippen LogP contribution < -0.4 is 0 Å². The van der Waals surface area contributed by atoms with E-state index in [2.05, 4.69) is 12.2 Å². The molecule has 0 heterocycles. The second-order valence-corrected chi connectivity index (χ2v) is 1.65. The molecule has 1 N–H and O–H groups in total. The van der Waals surface area contributed by atoms with Crippen molar-refractivity contribution >= 4 is 50.7 Å². The average molecular weight is 139 g/mol. The largest absolute Gasteiger partial charge is 0.408 e. The molecule has 0 fully saturated rings. The Morgan fingerprint density at radius 2 is 1.67 bits per heavy atom. The van der Waals surface area contributed by atoms with Crippen molar-refractivity contribution in [3.8, 4) is 0 Å². The van der Waals surface area contributed by atoms with E-state index in [4.69, 9.17) is 9.46 Å². The third-order valence-corrected chi connectivity index (χ3v) is 0. The topological polar surface area (TPSA) is 37.3 Å². The summed E-state index contributed by atoms with van der Waals surface area (Å²) in [6, 6.07) is 0. The van der Waals surface area contributed by atoms with Crippen LogP contribution in [0.2, 0.25) is 0 Å². The van der Waals surface area contributed by atoms with Gasteiger partial charge in [0.2, 0.25) is 0 Å². The minimum Gasteiger partial charge on any atom is -0.408 e. The van der Waals surface area contributed by atoms with Crippen LogP contribution in [0.5, 0.6) is 0 Å². The quantitative estimate of drug-likeness (QED) is 0.296. The van der Waals surface area contributed by atoms with E-state index in [1.807, 2.05) is 0 Å². The SMILES string of the molecule is Cl.O=[P+](O)[S-].[Li]. The Morgan fingerprint density at radius 3 is 1.67 bits per heavy atom. The zero-order valence-electron chi connectivity index (χ0n) is 3.12. The van der Waals surface area contributed by atoms with Crippen LogP contribution in [-0.4, -0.2) is 23.8 Å². The summed E-state index contributed by atoms with van der Waals surface area (Å²) < 4.78 is 8.96. The fourth-order valence-electron chi connectivity index (χ4n) is 0. The molecule has 0 spiro atoms. The molecule has 2 nitrogen and oxygen atoms in total. The van der Waals surface area contributed by atoms with Gasteiger partial charge in [0.05, 0.1) is 0 Å². The minimum absolute atomic E-state index is 0. The number of halogens is 1. The maximum absolute atomic E-state index is 8.96. The van der Waals surface area contributed by atoms with Gasteiger partial charge in [-0.25, -0.2) is 0 Å². The molecule has 0 aliphatic heterocycles. The Balaban J connectivity index is -0.0000000450. The summed E-state index contributed by atoms with van der Waals surface area (Å²) in [4.78, 5) is 7.38. The molecular formula is H2ClLiO2PS. The molecule has 6 heteroatoms. The molecule has 1 atom stereocenters. The molecule has 6 heavy (non-hydrogen) atoms. The fourth-order valence-corrected chi connectivity index (χ4v) is 0. The Morgan fingerprint density at radius 1 is 1.67 bits per heavy atom. The van der Waals surface area contributed by atoms with Gasteiger partial charge in [-0.05, 0) is 0 Å². The first kappa shape index (κ1) is 15.7. The van der Waals surface area contributed by atoms with E-state index in [9.17, 15) is 0 Å². The van der Waals surface area contributed by atoms with E-state index in [-0.39, 0.29) is 31.3 Å². The van der Waals surface area contributed by atoms with Gasteiger partial charge in [0.1, 0.15) is 0 Å². The Hall–Kier alpha value is 1.30. The van der Waals surface area contributed by atoms with Gasteiger partial charge in [-0.1, -0.05) is 4.57 Å². The monoisotopic (exact) mass is 139 g/mol. The summed E-state index contributed by atoms with van der Waals surface area (Å²) in [5, 5.41) is 0. The van der Waals surface area contributed by atoms with Crippen LogP contribution in [0.4, 0.5) is 0 Å². The van der Waals surface area contributed by atoms with E-state index < -0.39 is 7.23 Å². The predicted molar refractivity (Wildman–Crippen MR) is 30.2 cm³/mol. The molecule has 0 saturated heterocycles. The molecule has 1 unspecified atom stereocenters. The van der Waals surface area contributed by atoms with E-state index in [1.54, 1.807) is 0 Å². The molecule has 1 radical (unpaired) electrons. The molecule has 0 saturated carbocycles. The third kappa shape index (κ3) is 58.1. The van der Waals surface area contributed by atoms with Gasteiger partial charge in [-0.15, -0.1) is 12.4 Å². The van der Waals surface area contributed by atoms with E-state index in [1.165, 1.54) is 0 Å². The summed E-state index contributed by atoms with van der Waals surface area (Å²) in [5.41, 5.74) is 0. The van der Waals surface area contributed by atoms with Gasteiger partial charge < -0.3 is 12.2 Å². The molecule has 0 aliphatic rings. The van der Waals surface area contributed by atoms with Crippen LogP contribution in [0.1, 0.15) is 0 Å². The van der Waals surface area contributed by atoms with Crippen molar-refractivity contribution in [3.63, 3.8) is 0 Å². The van der Waals surface area contributed by atoms with Crippen molar-refractivity contribution in [2.75, 3.05) is 0 Å². The second kappa shape index (κ2) is 9.57. The van der Waals surface area contributed by atoms with Crippen LogP contribution in [-0.2, 0) is 16.8 Å². The molecule has 33 valence electrons. The molecule has 0 aromatic heterocycles. The first-order valence-corrected chi connectivity index (χ1v) is 2.79. The molecule has 0 rings (SSSR count). The van der Waals surface area contributed by atoms with Crippen molar-refractivity contribution < 1.29 is 9.46 Å². The summed E-state index contributed by atoms with van der Waals surface area (Å²) in [6.07, 6.45) is 0. The molecule has 0 bridgehead atoms. The first-order chi connectivity index (χ1) is 1.73. The van der Waals surface area contributed by atoms with Crippen molar-refractivity contribution in [2.24, 2.45) is 0 Å². The molecule has 0 aliphatic carbocycles. The minimum atomic E-state index is -2.29. The summed E-state index contributed by atoms with van der Waals surface area (Å²) >= 11 is 3.69. The van der Waals surface area contributed by atoms with Gasteiger partial charge >= 0.3 is 7.23 Å². The van der Waals surface area contributed by atoms with Crippen molar-refractivity contribution in [1.29, 1.82) is 0 Å². The number of rotatable bonds is 0. The van der Waals surface area contributed by atoms with Crippen molar-refractivity contribution in [1.82, 2.24) is 0 Å². The van der Waals surface area contributed by atoms with Gasteiger partial charge in [0.15, 0.2) is 0 Å². The molecular weight excluding hydrogens is 137 g/mol. The van der Waals surface area contributed by atoms with Crippen LogP contribution in [0, 0.1) is 0 Å². The van der Waals surface area contributed by atoms with Gasteiger partial charge in [0, 0.05) is 18.9 Å². The Kier molecular flexibility index (Phi) is 25.0. The van der Waals surface area contributed by atoms with E-state index >= 15 is 0 Å². The fraction of sp³-hybridized carbons (Fsp3) is 0. The van der Waals surface area contributed by atoms with Gasteiger partial charge in [-0.3, -0.25) is 0 Å². The third-order valence-electron chi connectivity index (χ3n) is 0. The van der Waals surface area contributed by atoms with Crippen molar-refractivity contribution in [2.45, 2.75) is 0 Å². The maximum atomic E-state index is 8.96. The second-order valence-electron chi connectivity index (χ2n) is 0.238. The van der Waals surface area contributed by atoms with Crippen LogP contribution in [0.25, 0.3) is 0 Å². The van der Waals surface area contributed by atoms with Crippen molar-refractivity contribution in [3.05, 3.63) is 0 Å². The molecule has 0 amide bonds. The van der Waals surface area contributed by atoms with E-state index in [0.29, 0.717) is 0 Å². The predicted octanol–water partition coefficient (Wildman–Crippen LogP) is 0.224. The average Bonchev–Trinajstić information content (AvgIpc) is 0.811. The van der Waals surface area contributed by atoms with Crippen LogP contribution in [0.3, 0.4) is 0 Å². The standard InChI is InChI=1S/ClH.Li.HO2PS/c;;1-3(2)4/h1H;;(H,1,2,4). The normalized spacial score (nSPS) is 7.33. The van der Waals surface area contributed by atoms with E-state index in [0.717, 1.165) is 0 Å². The number of hydrogen-bond acceptors (Lipinski definition) is 2. The van der Waals surface area contributed by atoms with Gasteiger partial charge in [0.25, 0.3) is 0 Å². The maximum Gasteiger partial charge on any atom is 0.369 e. The molecule has 0 aromatic rings. The summed E-state index contributed by atoms with van der Waals surface area (Å²) in [7, 11) is -2.29. The zero-order chi connectivity index (χ0) is 3.58. The van der Waals surface area contributed by atoms with Gasteiger partial charge in [-0.2, -0.15) is 4.89 Å². The molecule has 0 aromatic carbocycles. The summed E-state index contributed by atoms with van der Waals surface area (Å²) in [5.74, 6) is 0. The smallest absolute Gasteiger partial charge is 0.369 e. The summed E-state index contributed by atoms with van der Waals surface area (Å²) in [6.45, 7) is 0. The Labute approximate surface area is 60.3 Å². The first-order valence-electron chi connectivity index (χ1n) is 0.565.